The van der Waals surface area contributed by atoms with Crippen LogP contribution < -0.4 is 5.32 Å². The molecule has 4 heterocycles. The van der Waals surface area contributed by atoms with Crippen molar-refractivity contribution in [3.63, 3.8) is 0 Å². The first kappa shape index (κ1) is 41.2. The average molecular weight is 825 g/mol. The highest BCUT2D eigenvalue weighted by atomic mass is 16.5. The van der Waals surface area contributed by atoms with E-state index < -0.39 is 24.1 Å². The first-order chi connectivity index (χ1) is 29.4. The summed E-state index contributed by atoms with van der Waals surface area (Å²) in [5.74, 6) is 0.572. The highest BCUT2D eigenvalue weighted by Crippen LogP contribution is 2.37. The molecule has 8 rings (SSSR count). The fourth-order valence-electron chi connectivity index (χ4n) is 8.75. The van der Waals surface area contributed by atoms with Gasteiger partial charge in [-0.1, -0.05) is 64.1 Å². The van der Waals surface area contributed by atoms with Crippen molar-refractivity contribution in [1.82, 2.24) is 35.1 Å². The Morgan fingerprint density at radius 1 is 0.689 bits per heavy atom. The Morgan fingerprint density at radius 3 is 1.66 bits per heavy atom. The van der Waals surface area contributed by atoms with E-state index >= 15 is 0 Å². The van der Waals surface area contributed by atoms with Crippen LogP contribution in [0, 0.1) is 17.8 Å². The Balaban J connectivity index is 0.991. The highest BCUT2D eigenvalue weighted by Gasteiger charge is 2.38. The second-order valence-corrected chi connectivity index (χ2v) is 16.7. The molecule has 0 saturated carbocycles. The van der Waals surface area contributed by atoms with Crippen LogP contribution >= 0.6 is 0 Å². The molecule has 0 bridgehead atoms. The van der Waals surface area contributed by atoms with Crippen LogP contribution in [0.5, 0.6) is 0 Å². The topological polar surface area (TPSA) is 175 Å². The summed E-state index contributed by atoms with van der Waals surface area (Å²) >= 11 is 0. The summed E-state index contributed by atoms with van der Waals surface area (Å²) in [6, 6.07) is 24.2. The van der Waals surface area contributed by atoms with Gasteiger partial charge in [-0.3, -0.25) is 9.59 Å². The van der Waals surface area contributed by atoms with Gasteiger partial charge in [-0.2, -0.15) is 4.99 Å². The van der Waals surface area contributed by atoms with Crippen molar-refractivity contribution < 1.29 is 28.7 Å². The third kappa shape index (κ3) is 8.31. The van der Waals surface area contributed by atoms with E-state index in [1.54, 1.807) is 0 Å². The second kappa shape index (κ2) is 17.2. The quantitative estimate of drug-likeness (QED) is 0.115. The molecule has 4 atom stereocenters. The van der Waals surface area contributed by atoms with Crippen molar-refractivity contribution in [2.75, 3.05) is 27.3 Å². The molecule has 1 unspecified atom stereocenters. The molecule has 3 N–H and O–H groups in total. The molecule has 4 amide bonds. The number of benzene rings is 4. The van der Waals surface area contributed by atoms with Crippen LogP contribution in [0.15, 0.2) is 77.8 Å². The van der Waals surface area contributed by atoms with Crippen LogP contribution in [-0.4, -0.2) is 93.3 Å². The molecule has 14 nitrogen and oxygen atoms in total. The van der Waals surface area contributed by atoms with Gasteiger partial charge in [0.05, 0.1) is 54.3 Å². The minimum absolute atomic E-state index is 0.0487. The van der Waals surface area contributed by atoms with E-state index in [2.05, 4.69) is 85.7 Å². The lowest BCUT2D eigenvalue weighted by atomic mass is 9.95. The van der Waals surface area contributed by atoms with Crippen LogP contribution in [0.4, 0.5) is 9.59 Å². The molecule has 6 aromatic rings. The minimum atomic E-state index is -0.724. The number of nitrogens with zero attached hydrogens (tertiary/aromatic N) is 5. The summed E-state index contributed by atoms with van der Waals surface area (Å²) in [6.45, 7) is 8.91. The van der Waals surface area contributed by atoms with Gasteiger partial charge in [0.25, 0.3) is 0 Å². The minimum Gasteiger partial charge on any atom is -0.453 e. The van der Waals surface area contributed by atoms with Crippen molar-refractivity contribution in [3.8, 4) is 22.3 Å². The first-order valence-electron chi connectivity index (χ1n) is 21.0. The number of carbonyl (C=O) groups excluding carboxylic acids is 4. The number of amides is 4. The van der Waals surface area contributed by atoms with Crippen molar-refractivity contribution in [3.05, 3.63) is 84.4 Å². The number of likely N-dealkylation sites (tertiary alicyclic amines) is 2. The van der Waals surface area contributed by atoms with Crippen molar-refractivity contribution in [2.45, 2.75) is 71.5 Å². The molecule has 2 saturated heterocycles. The van der Waals surface area contributed by atoms with E-state index in [4.69, 9.17) is 14.7 Å². The highest BCUT2D eigenvalue weighted by molar-refractivity contribution is 5.97. The second-order valence-electron chi connectivity index (χ2n) is 16.7. The number of methoxy groups -OCH3 is 2. The van der Waals surface area contributed by atoms with E-state index in [-0.39, 0.29) is 35.7 Å². The number of nitrogens with one attached hydrogen (secondary N) is 3. The lowest BCUT2D eigenvalue weighted by molar-refractivity contribution is -0.136. The summed E-state index contributed by atoms with van der Waals surface area (Å²) in [5.41, 5.74) is 7.70. The van der Waals surface area contributed by atoms with Gasteiger partial charge in [0.1, 0.15) is 17.7 Å². The van der Waals surface area contributed by atoms with Crippen LogP contribution in [0.25, 0.3) is 55.1 Å². The van der Waals surface area contributed by atoms with Crippen molar-refractivity contribution in [2.24, 2.45) is 22.7 Å². The zero-order valence-corrected chi connectivity index (χ0v) is 35.4. The lowest BCUT2D eigenvalue weighted by Crippen LogP contribution is -2.51. The predicted molar refractivity (Wildman–Crippen MR) is 235 cm³/mol. The van der Waals surface area contributed by atoms with Crippen LogP contribution in [-0.2, 0) is 19.1 Å². The Hall–Kier alpha value is -6.57. The SMILES string of the molecule is COC(=O)N=CC(C(=O)N1CCC[C@H]1c1nc2ccc(-c3ccc4cc(-c5ccc6nc([C@@H]7CCCN7C(=O)[C@@H](NC(=O)OC)C(C)C)[nH]c6c5)ccc4c3)cc2[nH]1)C(C)C. The third-order valence-electron chi connectivity index (χ3n) is 12.1. The number of fused-ring (bicyclic) bond motifs is 3. The van der Waals surface area contributed by atoms with Gasteiger partial charge in [-0.15, -0.1) is 0 Å². The molecule has 14 heteroatoms. The summed E-state index contributed by atoms with van der Waals surface area (Å²) < 4.78 is 9.43. The smallest absolute Gasteiger partial charge is 0.432 e. The van der Waals surface area contributed by atoms with Gasteiger partial charge in [0, 0.05) is 19.3 Å². The lowest BCUT2D eigenvalue weighted by Gasteiger charge is -2.29. The zero-order chi connectivity index (χ0) is 42.9. The number of rotatable bonds is 10. The van der Waals surface area contributed by atoms with Gasteiger partial charge in [-0.05, 0) is 107 Å². The number of alkyl carbamates (subject to hydrolysis) is 1. The molecule has 4 aromatic carbocycles. The van der Waals surface area contributed by atoms with Gasteiger partial charge in [0.15, 0.2) is 0 Å². The summed E-state index contributed by atoms with van der Waals surface area (Å²) in [7, 11) is 2.56. The Labute approximate surface area is 354 Å². The summed E-state index contributed by atoms with van der Waals surface area (Å²) in [4.78, 5) is 75.5. The number of aromatic amines is 2. The molecule has 316 valence electrons. The molecule has 0 aliphatic carbocycles. The standard InChI is InChI=1S/C47H52N8O6/c1-26(2)34(25-48-46(58)60-5)44(56)54-19-7-9-39(54)42-49-35-17-15-32(23-37(35)51-42)30-13-11-29-22-31(14-12-28(29)21-30)33-16-18-36-38(24-33)52-43(50-36)40-10-8-20-55(40)45(57)41(27(3)4)53-47(59)61-6/h11-18,21-27,34,39-41H,7-10,19-20H2,1-6H3,(H,49,51)(H,50,52)(H,53,59)/t34?,39-,40-,41-/m0/s1. The maximum absolute atomic E-state index is 13.7. The fourth-order valence-corrected chi connectivity index (χ4v) is 8.75. The number of ether oxygens (including phenoxy) is 2. The normalized spacial score (nSPS) is 17.9. The van der Waals surface area contributed by atoms with E-state index in [0.717, 1.165) is 92.4 Å². The molecule has 2 fully saturated rings. The molecule has 0 spiro atoms. The number of H-pyrrole nitrogens is 2. The molecule has 2 aliphatic heterocycles. The van der Waals surface area contributed by atoms with Crippen LogP contribution in [0.3, 0.4) is 0 Å². The predicted octanol–water partition coefficient (Wildman–Crippen LogP) is 8.74. The van der Waals surface area contributed by atoms with Crippen molar-refractivity contribution in [1.29, 1.82) is 0 Å². The number of hydrogen-bond acceptors (Lipinski definition) is 8. The van der Waals surface area contributed by atoms with E-state index in [0.29, 0.717) is 13.1 Å². The number of carbonyl (C=O) groups is 4. The number of imidazole rings is 2. The molecular formula is C47H52N8O6. The number of aliphatic imine (C=N–C) groups is 1. The van der Waals surface area contributed by atoms with Gasteiger partial charge >= 0.3 is 12.2 Å². The van der Waals surface area contributed by atoms with E-state index in [9.17, 15) is 19.2 Å². The Kier molecular flexibility index (Phi) is 11.6. The summed E-state index contributed by atoms with van der Waals surface area (Å²) in [6.07, 6.45) is 3.34. The third-order valence-corrected chi connectivity index (χ3v) is 12.1. The molecule has 2 aromatic heterocycles. The fraction of sp³-hybridized carbons (Fsp3) is 0.383. The van der Waals surface area contributed by atoms with E-state index in [1.165, 1.54) is 20.4 Å². The Bertz CT molecular complexity index is 2660. The first-order valence-corrected chi connectivity index (χ1v) is 21.0. The maximum atomic E-state index is 13.7. The summed E-state index contributed by atoms with van der Waals surface area (Å²) in [5, 5.41) is 4.93. The van der Waals surface area contributed by atoms with Gasteiger partial charge in [0.2, 0.25) is 11.8 Å². The monoisotopic (exact) mass is 824 g/mol. The van der Waals surface area contributed by atoms with E-state index in [1.807, 2.05) is 49.6 Å². The molecule has 61 heavy (non-hydrogen) atoms. The number of aromatic nitrogens is 4. The molecule has 0 radical (unpaired) electrons. The van der Waals surface area contributed by atoms with Crippen LogP contribution in [0.2, 0.25) is 0 Å². The average Bonchev–Trinajstić information content (AvgIpc) is 4.10. The van der Waals surface area contributed by atoms with Crippen molar-refractivity contribution >= 4 is 63.1 Å². The number of hydrogen-bond donors (Lipinski definition) is 3. The Morgan fingerprint density at radius 2 is 1.18 bits per heavy atom. The largest absolute Gasteiger partial charge is 0.453 e. The van der Waals surface area contributed by atoms with Gasteiger partial charge < -0.3 is 34.6 Å². The van der Waals surface area contributed by atoms with Gasteiger partial charge in [-0.25, -0.2) is 19.6 Å². The molecular weight excluding hydrogens is 773 g/mol. The van der Waals surface area contributed by atoms with Crippen LogP contribution in [0.1, 0.15) is 77.1 Å². The maximum Gasteiger partial charge on any atom is 0.432 e. The molecule has 2 aliphatic rings. The zero-order valence-electron chi connectivity index (χ0n) is 35.4.